The average Bonchev–Trinajstić information content (AvgIpc) is 2.67. The van der Waals surface area contributed by atoms with Gasteiger partial charge in [-0.05, 0) is 41.8 Å². The summed E-state index contributed by atoms with van der Waals surface area (Å²) < 4.78 is 31.8. The molecule has 2 aromatic rings. The summed E-state index contributed by atoms with van der Waals surface area (Å²) in [4.78, 5) is 11.8. The molecule has 27 heavy (non-hydrogen) atoms. The van der Waals surface area contributed by atoms with Crippen molar-refractivity contribution in [3.8, 4) is 5.75 Å². The van der Waals surface area contributed by atoms with Crippen LogP contribution >= 0.6 is 11.6 Å². The number of sulfonamides is 1. The first-order valence-electron chi connectivity index (χ1n) is 8.64. The Hall–Kier alpha value is -2.09. The van der Waals surface area contributed by atoms with Gasteiger partial charge in [0.1, 0.15) is 5.75 Å². The first kappa shape index (κ1) is 19.7. The smallest absolute Gasteiger partial charge is 0.257 e. The van der Waals surface area contributed by atoms with E-state index in [9.17, 15) is 13.2 Å². The molecule has 0 aliphatic carbocycles. The molecule has 0 spiro atoms. The zero-order valence-corrected chi connectivity index (χ0v) is 16.3. The number of carbonyl (C=O) groups is 1. The number of fused-ring (bicyclic) bond motifs is 1. The van der Waals surface area contributed by atoms with Crippen LogP contribution in [0.5, 0.6) is 5.75 Å². The van der Waals surface area contributed by atoms with Crippen molar-refractivity contribution in [2.75, 3.05) is 25.4 Å². The highest BCUT2D eigenvalue weighted by molar-refractivity contribution is 7.89. The number of benzene rings is 2. The van der Waals surface area contributed by atoms with Crippen molar-refractivity contribution < 1.29 is 17.9 Å². The molecule has 144 valence electrons. The first-order valence-corrected chi connectivity index (χ1v) is 10.6. The fraction of sp³-hybridized carbons (Fsp3) is 0.316. The van der Waals surface area contributed by atoms with Crippen LogP contribution in [0.25, 0.3) is 0 Å². The lowest BCUT2D eigenvalue weighted by Crippen LogP contribution is -2.41. The topological polar surface area (TPSA) is 75.7 Å². The first-order chi connectivity index (χ1) is 12.9. The van der Waals surface area contributed by atoms with Gasteiger partial charge in [-0.2, -0.15) is 4.31 Å². The van der Waals surface area contributed by atoms with Crippen LogP contribution in [0, 0.1) is 0 Å². The molecule has 0 saturated carbocycles. The van der Waals surface area contributed by atoms with Crippen molar-refractivity contribution in [1.82, 2.24) is 9.62 Å². The molecule has 1 aliphatic heterocycles. The number of hydrogen-bond donors (Lipinski definition) is 1. The Labute approximate surface area is 164 Å². The molecular formula is C19H21ClN2O4S. The predicted molar refractivity (Wildman–Crippen MR) is 104 cm³/mol. The van der Waals surface area contributed by atoms with E-state index in [0.717, 1.165) is 5.56 Å². The van der Waals surface area contributed by atoms with Crippen molar-refractivity contribution in [2.45, 2.75) is 13.0 Å². The summed E-state index contributed by atoms with van der Waals surface area (Å²) in [6.07, 6.45) is 0.705. The summed E-state index contributed by atoms with van der Waals surface area (Å²) in [7, 11) is -3.43. The van der Waals surface area contributed by atoms with E-state index in [4.69, 9.17) is 16.3 Å². The van der Waals surface area contributed by atoms with Gasteiger partial charge in [-0.15, -0.1) is 0 Å². The standard InChI is InChI=1S/C19H21ClN2O4S/c20-17-5-7-18(8-6-17)26-14-19(23)21-10-12-27(24,25)22-11-9-15-3-1-2-4-16(15)13-22/h1-8H,9-14H2,(H,21,23). The summed E-state index contributed by atoms with van der Waals surface area (Å²) >= 11 is 5.78. The van der Waals surface area contributed by atoms with E-state index in [0.29, 0.717) is 30.3 Å². The van der Waals surface area contributed by atoms with Gasteiger partial charge in [0.25, 0.3) is 5.91 Å². The molecule has 8 heteroatoms. The van der Waals surface area contributed by atoms with Gasteiger partial charge >= 0.3 is 0 Å². The number of carbonyl (C=O) groups excluding carboxylic acids is 1. The van der Waals surface area contributed by atoms with E-state index in [1.165, 1.54) is 9.87 Å². The second-order valence-corrected chi connectivity index (χ2v) is 8.79. The summed E-state index contributed by atoms with van der Waals surface area (Å²) in [6.45, 7) is 0.709. The van der Waals surface area contributed by atoms with Crippen molar-refractivity contribution in [2.24, 2.45) is 0 Å². The van der Waals surface area contributed by atoms with E-state index < -0.39 is 10.0 Å². The third kappa shape index (κ3) is 5.45. The molecule has 0 aromatic heterocycles. The van der Waals surface area contributed by atoms with Crippen molar-refractivity contribution >= 4 is 27.5 Å². The van der Waals surface area contributed by atoms with Gasteiger partial charge in [-0.25, -0.2) is 8.42 Å². The highest BCUT2D eigenvalue weighted by Gasteiger charge is 2.26. The van der Waals surface area contributed by atoms with Gasteiger partial charge < -0.3 is 10.1 Å². The predicted octanol–water partition coefficient (Wildman–Crippen LogP) is 2.22. The molecule has 1 aliphatic rings. The van der Waals surface area contributed by atoms with Gasteiger partial charge in [0.05, 0.1) is 5.75 Å². The van der Waals surface area contributed by atoms with Gasteiger partial charge in [-0.1, -0.05) is 35.9 Å². The van der Waals surface area contributed by atoms with E-state index in [-0.39, 0.29) is 24.8 Å². The summed E-state index contributed by atoms with van der Waals surface area (Å²) in [5, 5.41) is 3.16. The SMILES string of the molecule is O=C(COc1ccc(Cl)cc1)NCCS(=O)(=O)N1CCc2ccccc2C1. The second-order valence-electron chi connectivity index (χ2n) is 6.26. The number of hydrogen-bond acceptors (Lipinski definition) is 4. The van der Waals surface area contributed by atoms with E-state index in [2.05, 4.69) is 5.32 Å². The van der Waals surface area contributed by atoms with Crippen LogP contribution < -0.4 is 10.1 Å². The number of ether oxygens (including phenoxy) is 1. The summed E-state index contributed by atoms with van der Waals surface area (Å²) in [5.41, 5.74) is 2.23. The molecule has 0 radical (unpaired) electrons. The third-order valence-corrected chi connectivity index (χ3v) is 6.43. The largest absolute Gasteiger partial charge is 0.484 e. The number of halogens is 1. The molecule has 2 aromatic carbocycles. The van der Waals surface area contributed by atoms with Crippen molar-refractivity contribution in [3.63, 3.8) is 0 Å². The molecule has 1 amide bonds. The Morgan fingerprint density at radius 2 is 1.81 bits per heavy atom. The molecule has 1 heterocycles. The van der Waals surface area contributed by atoms with Gasteiger partial charge in [0.15, 0.2) is 6.61 Å². The van der Waals surface area contributed by atoms with Crippen LogP contribution in [0.2, 0.25) is 5.02 Å². The molecule has 1 N–H and O–H groups in total. The van der Waals surface area contributed by atoms with E-state index >= 15 is 0 Å². The lowest BCUT2D eigenvalue weighted by atomic mass is 10.0. The van der Waals surface area contributed by atoms with Crippen molar-refractivity contribution in [1.29, 1.82) is 0 Å². The number of nitrogens with one attached hydrogen (secondary N) is 1. The Morgan fingerprint density at radius 3 is 2.56 bits per heavy atom. The van der Waals surface area contributed by atoms with Crippen LogP contribution in [-0.4, -0.2) is 44.1 Å². The maximum atomic E-state index is 12.5. The van der Waals surface area contributed by atoms with E-state index in [1.54, 1.807) is 24.3 Å². The maximum absolute atomic E-state index is 12.5. The Bertz CT molecular complexity index is 900. The fourth-order valence-corrected chi connectivity index (χ4v) is 4.34. The van der Waals surface area contributed by atoms with Crippen LogP contribution in [0.1, 0.15) is 11.1 Å². The fourth-order valence-electron chi connectivity index (χ4n) is 2.89. The molecule has 3 rings (SSSR count). The highest BCUT2D eigenvalue weighted by atomic mass is 35.5. The van der Waals surface area contributed by atoms with Crippen LogP contribution in [-0.2, 0) is 27.8 Å². The number of rotatable bonds is 7. The molecule has 0 unspecified atom stereocenters. The molecule has 6 nitrogen and oxygen atoms in total. The van der Waals surface area contributed by atoms with Crippen LogP contribution in [0.4, 0.5) is 0 Å². The monoisotopic (exact) mass is 408 g/mol. The Balaban J connectivity index is 1.44. The molecule has 0 atom stereocenters. The lowest BCUT2D eigenvalue weighted by molar-refractivity contribution is -0.122. The van der Waals surface area contributed by atoms with Gasteiger partial charge in [0, 0.05) is 24.7 Å². The minimum Gasteiger partial charge on any atom is -0.484 e. The van der Waals surface area contributed by atoms with Crippen molar-refractivity contribution in [3.05, 3.63) is 64.7 Å². The highest BCUT2D eigenvalue weighted by Crippen LogP contribution is 2.21. The average molecular weight is 409 g/mol. The zero-order chi connectivity index (χ0) is 19.3. The van der Waals surface area contributed by atoms with Crippen LogP contribution in [0.3, 0.4) is 0 Å². The minimum atomic E-state index is -3.43. The summed E-state index contributed by atoms with van der Waals surface area (Å²) in [5.74, 6) is 0.0141. The molecular weight excluding hydrogens is 388 g/mol. The minimum absolute atomic E-state index is 0.0449. The second kappa shape index (κ2) is 8.73. The molecule has 0 fully saturated rings. The number of amides is 1. The number of nitrogens with zero attached hydrogens (tertiary/aromatic N) is 1. The normalized spacial score (nSPS) is 14.4. The molecule has 0 bridgehead atoms. The maximum Gasteiger partial charge on any atom is 0.257 e. The third-order valence-electron chi connectivity index (χ3n) is 4.35. The van der Waals surface area contributed by atoms with Gasteiger partial charge in [0.2, 0.25) is 10.0 Å². The van der Waals surface area contributed by atoms with E-state index in [1.807, 2.05) is 24.3 Å². The quantitative estimate of drug-likeness (QED) is 0.762. The molecule has 0 saturated heterocycles. The Kier molecular flexibility index (Phi) is 6.36. The summed E-state index contributed by atoms with van der Waals surface area (Å²) in [6, 6.07) is 14.5. The van der Waals surface area contributed by atoms with Gasteiger partial charge in [-0.3, -0.25) is 4.79 Å². The Morgan fingerprint density at radius 1 is 1.11 bits per heavy atom. The zero-order valence-electron chi connectivity index (χ0n) is 14.7. The lowest BCUT2D eigenvalue weighted by Gasteiger charge is -2.28. The van der Waals surface area contributed by atoms with Crippen LogP contribution in [0.15, 0.2) is 48.5 Å².